The molecule has 5 aromatic rings. The van der Waals surface area contributed by atoms with E-state index in [0.717, 1.165) is 16.9 Å². The molecule has 7 nitrogen and oxygen atoms in total. The number of thiophene rings is 1. The monoisotopic (exact) mass is 542 g/mol. The van der Waals surface area contributed by atoms with Crippen molar-refractivity contribution in [3.8, 4) is 17.1 Å². The van der Waals surface area contributed by atoms with Gasteiger partial charge in [0, 0.05) is 5.69 Å². The van der Waals surface area contributed by atoms with Gasteiger partial charge in [-0.15, -0.1) is 11.3 Å². The molecule has 0 radical (unpaired) electrons. The van der Waals surface area contributed by atoms with E-state index in [4.69, 9.17) is 21.7 Å². The van der Waals surface area contributed by atoms with Crippen LogP contribution in [0.25, 0.3) is 21.6 Å². The van der Waals surface area contributed by atoms with Crippen molar-refractivity contribution in [3.63, 3.8) is 0 Å². The lowest BCUT2D eigenvalue weighted by atomic mass is 10.1. The quantitative estimate of drug-likeness (QED) is 0.186. The molecular weight excluding hydrogens is 520 g/mol. The summed E-state index contributed by atoms with van der Waals surface area (Å²) >= 11 is 6.82. The standard InChI is InChI=1S/C29H22N2O5S2/c1-3-35-28(34)24-23(36-27(33)19-16-14-18(2)15-17-19)22-25(32)30(20-10-6-4-7-11-20)29(37)31(26(22)38-24)21-12-8-5-9-13-21/h4-17H,3H2,1-2H3. The van der Waals surface area contributed by atoms with Crippen molar-refractivity contribution < 1.29 is 19.1 Å². The first-order valence-corrected chi connectivity index (χ1v) is 13.0. The van der Waals surface area contributed by atoms with Crippen molar-refractivity contribution in [1.82, 2.24) is 9.13 Å². The zero-order valence-corrected chi connectivity index (χ0v) is 22.2. The van der Waals surface area contributed by atoms with Crippen LogP contribution in [-0.2, 0) is 4.74 Å². The predicted molar refractivity (Wildman–Crippen MR) is 150 cm³/mol. The average Bonchev–Trinajstić information content (AvgIpc) is 3.29. The number of hydrogen-bond donors (Lipinski definition) is 0. The number of rotatable bonds is 6. The van der Waals surface area contributed by atoms with Crippen molar-refractivity contribution >= 4 is 45.7 Å². The van der Waals surface area contributed by atoms with Gasteiger partial charge in [0.25, 0.3) is 5.56 Å². The molecule has 0 unspecified atom stereocenters. The number of benzene rings is 3. The van der Waals surface area contributed by atoms with Crippen LogP contribution in [-0.4, -0.2) is 27.7 Å². The molecule has 0 saturated carbocycles. The Kier molecular flexibility index (Phi) is 7.04. The average molecular weight is 543 g/mol. The molecule has 190 valence electrons. The van der Waals surface area contributed by atoms with E-state index in [1.165, 1.54) is 4.57 Å². The Hall–Kier alpha value is -4.34. The Labute approximate surface area is 227 Å². The summed E-state index contributed by atoms with van der Waals surface area (Å²) in [6.07, 6.45) is 0. The topological polar surface area (TPSA) is 79.5 Å². The number of hydrogen-bond acceptors (Lipinski definition) is 7. The Bertz CT molecular complexity index is 1770. The second-order valence-electron chi connectivity index (χ2n) is 8.35. The highest BCUT2D eigenvalue weighted by Gasteiger charge is 2.29. The summed E-state index contributed by atoms with van der Waals surface area (Å²) < 4.78 is 14.3. The molecule has 0 aliphatic heterocycles. The largest absolute Gasteiger partial charge is 0.462 e. The predicted octanol–water partition coefficient (Wildman–Crippen LogP) is 6.28. The lowest BCUT2D eigenvalue weighted by Gasteiger charge is -2.14. The fourth-order valence-corrected chi connectivity index (χ4v) is 5.60. The Morgan fingerprint density at radius 1 is 0.842 bits per heavy atom. The number of aromatic nitrogens is 2. The highest BCUT2D eigenvalue weighted by molar-refractivity contribution is 7.71. The lowest BCUT2D eigenvalue weighted by molar-refractivity contribution is 0.0527. The van der Waals surface area contributed by atoms with Gasteiger partial charge in [-0.1, -0.05) is 54.1 Å². The normalized spacial score (nSPS) is 10.9. The fraction of sp³-hybridized carbons (Fsp3) is 0.103. The summed E-state index contributed by atoms with van der Waals surface area (Å²) in [5.41, 5.74) is 1.96. The van der Waals surface area contributed by atoms with Crippen LogP contribution >= 0.6 is 23.6 Å². The molecule has 0 atom stereocenters. The van der Waals surface area contributed by atoms with Crippen LogP contribution in [0.5, 0.6) is 5.75 Å². The van der Waals surface area contributed by atoms with Gasteiger partial charge in [0.15, 0.2) is 15.4 Å². The summed E-state index contributed by atoms with van der Waals surface area (Å²) in [5, 5.41) is 0.0554. The molecule has 9 heteroatoms. The zero-order chi connectivity index (χ0) is 26.8. The molecule has 0 aliphatic carbocycles. The number of esters is 2. The van der Waals surface area contributed by atoms with Crippen molar-refractivity contribution in [2.45, 2.75) is 13.8 Å². The molecule has 3 aromatic carbocycles. The van der Waals surface area contributed by atoms with E-state index in [1.807, 2.05) is 43.3 Å². The zero-order valence-electron chi connectivity index (χ0n) is 20.5. The van der Waals surface area contributed by atoms with Crippen LogP contribution in [0.3, 0.4) is 0 Å². The maximum absolute atomic E-state index is 14.1. The molecule has 0 aliphatic rings. The number of ether oxygens (including phenoxy) is 2. The van der Waals surface area contributed by atoms with E-state index < -0.39 is 17.5 Å². The SMILES string of the molecule is CCOC(=O)c1sc2c(c1OC(=O)c1ccc(C)cc1)c(=O)n(-c1ccccc1)c(=S)n2-c1ccccc1. The van der Waals surface area contributed by atoms with Gasteiger partial charge in [0.2, 0.25) is 0 Å². The number of carbonyl (C=O) groups excluding carboxylic acids is 2. The third-order valence-electron chi connectivity index (χ3n) is 5.82. The summed E-state index contributed by atoms with van der Waals surface area (Å²) in [6.45, 7) is 3.69. The Morgan fingerprint density at radius 3 is 2.00 bits per heavy atom. The Balaban J connectivity index is 1.86. The fourth-order valence-electron chi connectivity index (χ4n) is 4.02. The summed E-state index contributed by atoms with van der Waals surface area (Å²) in [6, 6.07) is 25.0. The van der Waals surface area contributed by atoms with E-state index in [0.29, 0.717) is 16.2 Å². The van der Waals surface area contributed by atoms with Gasteiger partial charge in [-0.05, 0) is 62.5 Å². The van der Waals surface area contributed by atoms with Crippen LogP contribution in [0.15, 0.2) is 89.7 Å². The first-order valence-electron chi connectivity index (χ1n) is 11.8. The van der Waals surface area contributed by atoms with Crippen molar-refractivity contribution in [1.29, 1.82) is 0 Å². The number of nitrogens with zero attached hydrogens (tertiary/aromatic N) is 2. The van der Waals surface area contributed by atoms with E-state index in [1.54, 1.807) is 60.0 Å². The summed E-state index contributed by atoms with van der Waals surface area (Å²) in [7, 11) is 0. The van der Waals surface area contributed by atoms with Gasteiger partial charge in [-0.2, -0.15) is 0 Å². The number of fused-ring (bicyclic) bond motifs is 1. The van der Waals surface area contributed by atoms with Gasteiger partial charge in [-0.3, -0.25) is 13.9 Å². The molecule has 0 amide bonds. The molecule has 2 heterocycles. The molecule has 0 saturated heterocycles. The Morgan fingerprint density at radius 2 is 1.42 bits per heavy atom. The van der Waals surface area contributed by atoms with Crippen LogP contribution < -0.4 is 10.3 Å². The lowest BCUT2D eigenvalue weighted by Crippen LogP contribution is -2.24. The summed E-state index contributed by atoms with van der Waals surface area (Å²) in [4.78, 5) is 40.7. The minimum absolute atomic E-state index is 0.00399. The smallest absolute Gasteiger partial charge is 0.352 e. The van der Waals surface area contributed by atoms with E-state index >= 15 is 0 Å². The first kappa shape index (κ1) is 25.3. The molecule has 0 spiro atoms. The van der Waals surface area contributed by atoms with Crippen LogP contribution in [0.1, 0.15) is 32.5 Å². The second-order valence-corrected chi connectivity index (χ2v) is 9.71. The van der Waals surface area contributed by atoms with Gasteiger partial charge in [-0.25, -0.2) is 9.59 Å². The van der Waals surface area contributed by atoms with Crippen LogP contribution in [0, 0.1) is 11.7 Å². The molecule has 5 rings (SSSR count). The maximum Gasteiger partial charge on any atom is 0.352 e. The van der Waals surface area contributed by atoms with Crippen LogP contribution in [0.4, 0.5) is 0 Å². The van der Waals surface area contributed by atoms with E-state index in [9.17, 15) is 14.4 Å². The van der Waals surface area contributed by atoms with Crippen molar-refractivity contribution in [2.75, 3.05) is 6.61 Å². The third-order valence-corrected chi connectivity index (χ3v) is 7.32. The number of carbonyl (C=O) groups is 2. The van der Waals surface area contributed by atoms with Crippen molar-refractivity contribution in [2.24, 2.45) is 0 Å². The number of aryl methyl sites for hydroxylation is 1. The highest BCUT2D eigenvalue weighted by atomic mass is 32.1. The number of para-hydroxylation sites is 2. The molecular formula is C29H22N2O5S2. The van der Waals surface area contributed by atoms with Crippen LogP contribution in [0.2, 0.25) is 0 Å². The van der Waals surface area contributed by atoms with Gasteiger partial charge < -0.3 is 9.47 Å². The molecule has 0 bridgehead atoms. The molecule has 2 aromatic heterocycles. The van der Waals surface area contributed by atoms with Gasteiger partial charge in [0.1, 0.15) is 10.2 Å². The van der Waals surface area contributed by atoms with E-state index in [-0.39, 0.29) is 33.0 Å². The minimum Gasteiger partial charge on any atom is -0.462 e. The minimum atomic E-state index is -0.699. The van der Waals surface area contributed by atoms with E-state index in [2.05, 4.69) is 0 Å². The van der Waals surface area contributed by atoms with Crippen molar-refractivity contribution in [3.05, 3.63) is 116 Å². The maximum atomic E-state index is 14.1. The highest BCUT2D eigenvalue weighted by Crippen LogP contribution is 2.38. The second kappa shape index (κ2) is 10.6. The molecule has 38 heavy (non-hydrogen) atoms. The molecule has 0 fully saturated rings. The van der Waals surface area contributed by atoms with Gasteiger partial charge in [0.05, 0.1) is 17.9 Å². The first-order chi connectivity index (χ1) is 18.4. The van der Waals surface area contributed by atoms with Gasteiger partial charge >= 0.3 is 11.9 Å². The third kappa shape index (κ3) is 4.57. The summed E-state index contributed by atoms with van der Waals surface area (Å²) in [5.74, 6) is -1.55. The molecule has 0 N–H and O–H groups in total.